The minimum Gasteiger partial charge on any atom is -0.508 e. The van der Waals surface area contributed by atoms with Crippen LogP contribution in [0.5, 0.6) is 5.75 Å². The van der Waals surface area contributed by atoms with Gasteiger partial charge in [0.15, 0.2) is 0 Å². The highest BCUT2D eigenvalue weighted by atomic mass is 32.2. The summed E-state index contributed by atoms with van der Waals surface area (Å²) in [5.74, 6) is 0.204. The van der Waals surface area contributed by atoms with Crippen LogP contribution in [-0.4, -0.2) is 47.9 Å². The maximum Gasteiger partial charge on any atom is 0.236 e. The van der Waals surface area contributed by atoms with Crippen LogP contribution in [0.2, 0.25) is 0 Å². The van der Waals surface area contributed by atoms with E-state index in [0.717, 1.165) is 11.3 Å². The van der Waals surface area contributed by atoms with E-state index in [1.807, 2.05) is 49.1 Å². The van der Waals surface area contributed by atoms with Gasteiger partial charge in [0, 0.05) is 13.1 Å². The van der Waals surface area contributed by atoms with Gasteiger partial charge in [-0.2, -0.15) is 4.68 Å². The highest BCUT2D eigenvalue weighted by molar-refractivity contribution is 8.00. The third-order valence-electron chi connectivity index (χ3n) is 4.07. The Balaban J connectivity index is 1.71. The number of phenols is 1. The zero-order valence-electron chi connectivity index (χ0n) is 15.2. The number of hydrogen-bond donors (Lipinski definition) is 1. The molecule has 1 unspecified atom stereocenters. The van der Waals surface area contributed by atoms with E-state index in [4.69, 9.17) is 0 Å². The number of amides is 1. The van der Waals surface area contributed by atoms with E-state index in [2.05, 4.69) is 15.5 Å². The minimum atomic E-state index is -0.337. The second-order valence-corrected chi connectivity index (χ2v) is 7.30. The SMILES string of the molecule is CCN(Cc1ccccc1)C(=O)C(C)Sc1nnnn1-c1ccc(O)cc1. The van der Waals surface area contributed by atoms with E-state index >= 15 is 0 Å². The Morgan fingerprint density at radius 1 is 1.19 bits per heavy atom. The number of tetrazole rings is 1. The maximum absolute atomic E-state index is 12.9. The van der Waals surface area contributed by atoms with Crippen molar-refractivity contribution in [1.82, 2.24) is 25.1 Å². The number of phenolic OH excluding ortho intramolecular Hbond substituents is 1. The van der Waals surface area contributed by atoms with Crippen LogP contribution in [-0.2, 0) is 11.3 Å². The van der Waals surface area contributed by atoms with Crippen molar-refractivity contribution < 1.29 is 9.90 Å². The predicted octanol–water partition coefficient (Wildman–Crippen LogP) is 2.90. The Kier molecular flexibility index (Phi) is 6.08. The fraction of sp³-hybridized carbons (Fsp3) is 0.263. The number of rotatable bonds is 7. The smallest absolute Gasteiger partial charge is 0.236 e. The average molecular weight is 383 g/mol. The largest absolute Gasteiger partial charge is 0.508 e. The molecule has 140 valence electrons. The van der Waals surface area contributed by atoms with Crippen molar-refractivity contribution in [3.05, 3.63) is 60.2 Å². The second-order valence-electron chi connectivity index (χ2n) is 5.99. The Morgan fingerprint density at radius 2 is 1.89 bits per heavy atom. The van der Waals surface area contributed by atoms with Gasteiger partial charge >= 0.3 is 0 Å². The van der Waals surface area contributed by atoms with E-state index in [-0.39, 0.29) is 16.9 Å². The molecule has 1 amide bonds. The van der Waals surface area contributed by atoms with Gasteiger partial charge in [0.1, 0.15) is 5.75 Å². The molecule has 0 saturated heterocycles. The van der Waals surface area contributed by atoms with Crippen molar-refractivity contribution in [1.29, 1.82) is 0 Å². The summed E-state index contributed by atoms with van der Waals surface area (Å²) in [7, 11) is 0. The lowest BCUT2D eigenvalue weighted by Gasteiger charge is -2.24. The Hall–Kier alpha value is -2.87. The van der Waals surface area contributed by atoms with Crippen LogP contribution in [0.25, 0.3) is 5.69 Å². The van der Waals surface area contributed by atoms with Crippen molar-refractivity contribution in [3.8, 4) is 11.4 Å². The monoisotopic (exact) mass is 383 g/mol. The van der Waals surface area contributed by atoms with Gasteiger partial charge in [-0.05, 0) is 54.1 Å². The van der Waals surface area contributed by atoms with Gasteiger partial charge in [0.2, 0.25) is 11.1 Å². The van der Waals surface area contributed by atoms with Gasteiger partial charge in [-0.25, -0.2) is 0 Å². The summed E-state index contributed by atoms with van der Waals surface area (Å²) in [5, 5.41) is 21.4. The molecule has 0 bridgehead atoms. The van der Waals surface area contributed by atoms with E-state index in [9.17, 15) is 9.90 Å². The van der Waals surface area contributed by atoms with Crippen molar-refractivity contribution in [2.45, 2.75) is 30.8 Å². The number of aromatic nitrogens is 4. The van der Waals surface area contributed by atoms with Gasteiger partial charge in [-0.3, -0.25) is 4.79 Å². The molecule has 1 N–H and O–H groups in total. The summed E-state index contributed by atoms with van der Waals surface area (Å²) in [6.07, 6.45) is 0. The lowest BCUT2D eigenvalue weighted by molar-refractivity contribution is -0.130. The van der Waals surface area contributed by atoms with Crippen LogP contribution in [0.1, 0.15) is 19.4 Å². The van der Waals surface area contributed by atoms with Gasteiger partial charge in [0.05, 0.1) is 10.9 Å². The van der Waals surface area contributed by atoms with E-state index in [1.54, 1.807) is 28.9 Å². The molecule has 0 saturated carbocycles. The van der Waals surface area contributed by atoms with Crippen LogP contribution in [0, 0.1) is 0 Å². The van der Waals surface area contributed by atoms with Crippen molar-refractivity contribution in [2.75, 3.05) is 6.54 Å². The van der Waals surface area contributed by atoms with Gasteiger partial charge in [0.25, 0.3) is 0 Å². The summed E-state index contributed by atoms with van der Waals surface area (Å²) < 4.78 is 1.56. The summed E-state index contributed by atoms with van der Waals surface area (Å²) in [6.45, 7) is 5.03. The lowest BCUT2D eigenvalue weighted by atomic mass is 10.2. The first kappa shape index (κ1) is 18.9. The highest BCUT2D eigenvalue weighted by Gasteiger charge is 2.23. The van der Waals surface area contributed by atoms with Crippen LogP contribution < -0.4 is 0 Å². The van der Waals surface area contributed by atoms with Crippen molar-refractivity contribution >= 4 is 17.7 Å². The zero-order valence-corrected chi connectivity index (χ0v) is 16.0. The summed E-state index contributed by atoms with van der Waals surface area (Å²) >= 11 is 1.31. The number of thioether (sulfide) groups is 1. The topological polar surface area (TPSA) is 84.1 Å². The Bertz CT molecular complexity index is 883. The van der Waals surface area contributed by atoms with E-state index < -0.39 is 0 Å². The molecule has 0 aliphatic carbocycles. The van der Waals surface area contributed by atoms with Crippen LogP contribution in [0.4, 0.5) is 0 Å². The van der Waals surface area contributed by atoms with Gasteiger partial charge in [-0.15, -0.1) is 5.10 Å². The maximum atomic E-state index is 12.9. The van der Waals surface area contributed by atoms with E-state index in [0.29, 0.717) is 18.2 Å². The minimum absolute atomic E-state index is 0.0339. The molecule has 0 radical (unpaired) electrons. The average Bonchev–Trinajstić information content (AvgIpc) is 3.15. The summed E-state index contributed by atoms with van der Waals surface area (Å²) in [5.41, 5.74) is 1.82. The first-order valence-electron chi connectivity index (χ1n) is 8.65. The van der Waals surface area contributed by atoms with Crippen LogP contribution in [0.15, 0.2) is 59.8 Å². The van der Waals surface area contributed by atoms with Crippen molar-refractivity contribution in [3.63, 3.8) is 0 Å². The molecule has 7 nitrogen and oxygen atoms in total. The molecular weight excluding hydrogens is 362 g/mol. The summed E-state index contributed by atoms with van der Waals surface area (Å²) in [6, 6.07) is 16.5. The highest BCUT2D eigenvalue weighted by Crippen LogP contribution is 2.25. The lowest BCUT2D eigenvalue weighted by Crippen LogP contribution is -2.36. The molecule has 3 rings (SSSR count). The molecule has 0 spiro atoms. The van der Waals surface area contributed by atoms with Gasteiger partial charge < -0.3 is 10.0 Å². The molecule has 3 aromatic rings. The molecule has 1 heterocycles. The first-order chi connectivity index (χ1) is 13.1. The van der Waals surface area contributed by atoms with E-state index in [1.165, 1.54) is 11.8 Å². The number of hydrogen-bond acceptors (Lipinski definition) is 6. The third kappa shape index (κ3) is 4.65. The fourth-order valence-electron chi connectivity index (χ4n) is 2.62. The normalized spacial score (nSPS) is 11.9. The van der Waals surface area contributed by atoms with Gasteiger partial charge in [-0.1, -0.05) is 42.1 Å². The number of carbonyl (C=O) groups is 1. The number of nitrogens with zero attached hydrogens (tertiary/aromatic N) is 5. The second kappa shape index (κ2) is 8.68. The summed E-state index contributed by atoms with van der Waals surface area (Å²) in [4.78, 5) is 14.7. The molecular formula is C19H21N5O2S. The standard InChI is InChI=1S/C19H21N5O2S/c1-3-23(13-15-7-5-4-6-8-15)18(26)14(2)27-19-20-21-22-24(19)16-9-11-17(25)12-10-16/h4-12,14,25H,3,13H2,1-2H3. The molecule has 1 aromatic heterocycles. The molecule has 27 heavy (non-hydrogen) atoms. The Labute approximate surface area is 162 Å². The number of carbonyl (C=O) groups excluding carboxylic acids is 1. The number of benzene rings is 2. The third-order valence-corrected chi connectivity index (χ3v) is 5.10. The van der Waals surface area contributed by atoms with Crippen LogP contribution in [0.3, 0.4) is 0 Å². The molecule has 8 heteroatoms. The zero-order chi connectivity index (χ0) is 19.2. The Morgan fingerprint density at radius 3 is 2.56 bits per heavy atom. The fourth-order valence-corrected chi connectivity index (χ4v) is 3.51. The van der Waals surface area contributed by atoms with Crippen LogP contribution >= 0.6 is 11.8 Å². The molecule has 0 fully saturated rings. The molecule has 2 aromatic carbocycles. The van der Waals surface area contributed by atoms with Crippen molar-refractivity contribution in [2.24, 2.45) is 0 Å². The molecule has 0 aliphatic rings. The predicted molar refractivity (Wildman–Crippen MR) is 104 cm³/mol. The quantitative estimate of drug-likeness (QED) is 0.632. The number of aromatic hydroxyl groups is 1. The molecule has 1 atom stereocenters. The molecule has 0 aliphatic heterocycles. The first-order valence-corrected chi connectivity index (χ1v) is 9.53.